The average molecular weight is 314 g/mol. The molecule has 0 fully saturated rings. The predicted molar refractivity (Wildman–Crippen MR) is 88.8 cm³/mol. The first-order valence-corrected chi connectivity index (χ1v) is 7.72. The number of amides is 1. The van der Waals surface area contributed by atoms with Gasteiger partial charge in [-0.15, -0.1) is 0 Å². The van der Waals surface area contributed by atoms with Crippen molar-refractivity contribution in [2.45, 2.75) is 39.2 Å². The molecule has 1 amide bonds. The molecular formula is C17H22N4O2. The van der Waals surface area contributed by atoms with Crippen LogP contribution in [0.5, 0.6) is 0 Å². The number of anilines is 1. The number of aromatic nitrogens is 2. The zero-order valence-corrected chi connectivity index (χ0v) is 13.7. The highest BCUT2D eigenvalue weighted by atomic mass is 16.4. The SMILES string of the molecule is CC(C)(C)c1cc(N)n(-c2ccc3c(c2)CN(C(=O)O)CC3)n1. The van der Waals surface area contributed by atoms with Gasteiger partial charge in [-0.2, -0.15) is 5.10 Å². The number of nitrogens with zero attached hydrogens (tertiary/aromatic N) is 3. The van der Waals surface area contributed by atoms with Gasteiger partial charge in [0.2, 0.25) is 0 Å². The van der Waals surface area contributed by atoms with Gasteiger partial charge in [-0.1, -0.05) is 26.8 Å². The summed E-state index contributed by atoms with van der Waals surface area (Å²) in [7, 11) is 0. The summed E-state index contributed by atoms with van der Waals surface area (Å²) < 4.78 is 1.72. The molecular weight excluding hydrogens is 292 g/mol. The molecule has 2 heterocycles. The van der Waals surface area contributed by atoms with Crippen LogP contribution in [0.1, 0.15) is 37.6 Å². The molecule has 1 aliphatic rings. The van der Waals surface area contributed by atoms with E-state index in [0.29, 0.717) is 18.9 Å². The quantitative estimate of drug-likeness (QED) is 0.847. The van der Waals surface area contributed by atoms with Crippen molar-refractivity contribution in [3.05, 3.63) is 41.1 Å². The van der Waals surface area contributed by atoms with Gasteiger partial charge in [0.15, 0.2) is 0 Å². The minimum atomic E-state index is -0.880. The van der Waals surface area contributed by atoms with E-state index in [0.717, 1.165) is 23.4 Å². The van der Waals surface area contributed by atoms with E-state index in [2.05, 4.69) is 25.9 Å². The van der Waals surface area contributed by atoms with Crippen molar-refractivity contribution in [1.29, 1.82) is 0 Å². The van der Waals surface area contributed by atoms with Gasteiger partial charge in [-0.25, -0.2) is 9.48 Å². The summed E-state index contributed by atoms with van der Waals surface area (Å²) in [5.41, 5.74) is 10.0. The van der Waals surface area contributed by atoms with Crippen molar-refractivity contribution in [3.63, 3.8) is 0 Å². The highest BCUT2D eigenvalue weighted by Crippen LogP contribution is 2.27. The van der Waals surface area contributed by atoms with E-state index in [-0.39, 0.29) is 5.41 Å². The molecule has 3 N–H and O–H groups in total. The fourth-order valence-corrected chi connectivity index (χ4v) is 2.81. The van der Waals surface area contributed by atoms with Gasteiger partial charge in [0.25, 0.3) is 0 Å². The second-order valence-electron chi connectivity index (χ2n) is 7.02. The van der Waals surface area contributed by atoms with E-state index >= 15 is 0 Å². The van der Waals surface area contributed by atoms with Crippen molar-refractivity contribution >= 4 is 11.9 Å². The number of benzene rings is 1. The van der Waals surface area contributed by atoms with Crippen molar-refractivity contribution in [2.24, 2.45) is 0 Å². The molecule has 1 aromatic carbocycles. The van der Waals surface area contributed by atoms with Crippen LogP contribution < -0.4 is 5.73 Å². The fraction of sp³-hybridized carbons (Fsp3) is 0.412. The Balaban J connectivity index is 1.98. The average Bonchev–Trinajstić information content (AvgIpc) is 2.88. The Morgan fingerprint density at radius 1 is 1.26 bits per heavy atom. The zero-order chi connectivity index (χ0) is 16.8. The molecule has 6 heteroatoms. The maximum atomic E-state index is 11.2. The molecule has 23 heavy (non-hydrogen) atoms. The molecule has 0 aliphatic carbocycles. The summed E-state index contributed by atoms with van der Waals surface area (Å²) >= 11 is 0. The van der Waals surface area contributed by atoms with E-state index in [1.54, 1.807) is 4.68 Å². The molecule has 0 saturated carbocycles. The molecule has 0 atom stereocenters. The molecule has 0 saturated heterocycles. The number of carboxylic acid groups (broad SMARTS) is 1. The Morgan fingerprint density at radius 3 is 2.61 bits per heavy atom. The topological polar surface area (TPSA) is 84.4 Å². The van der Waals surface area contributed by atoms with Crippen LogP contribution >= 0.6 is 0 Å². The number of hydrogen-bond acceptors (Lipinski definition) is 3. The third kappa shape index (κ3) is 2.88. The molecule has 1 aliphatic heterocycles. The molecule has 6 nitrogen and oxygen atoms in total. The van der Waals surface area contributed by atoms with Gasteiger partial charge in [0.1, 0.15) is 5.82 Å². The van der Waals surface area contributed by atoms with E-state index in [9.17, 15) is 9.90 Å². The second kappa shape index (κ2) is 5.30. The third-order valence-electron chi connectivity index (χ3n) is 4.22. The van der Waals surface area contributed by atoms with Crippen molar-refractivity contribution in [2.75, 3.05) is 12.3 Å². The number of rotatable bonds is 1. The maximum Gasteiger partial charge on any atom is 0.407 e. The molecule has 3 rings (SSSR count). The molecule has 0 radical (unpaired) electrons. The summed E-state index contributed by atoms with van der Waals surface area (Å²) in [5, 5.41) is 13.8. The van der Waals surface area contributed by atoms with Gasteiger partial charge >= 0.3 is 6.09 Å². The summed E-state index contributed by atoms with van der Waals surface area (Å²) in [4.78, 5) is 12.6. The van der Waals surface area contributed by atoms with Crippen molar-refractivity contribution < 1.29 is 9.90 Å². The number of carbonyl (C=O) groups is 1. The highest BCUT2D eigenvalue weighted by Gasteiger charge is 2.22. The zero-order valence-electron chi connectivity index (χ0n) is 13.7. The lowest BCUT2D eigenvalue weighted by molar-refractivity contribution is 0.140. The number of nitrogens with two attached hydrogens (primary N) is 1. The van der Waals surface area contributed by atoms with Crippen molar-refractivity contribution in [3.8, 4) is 5.69 Å². The lowest BCUT2D eigenvalue weighted by Gasteiger charge is -2.26. The van der Waals surface area contributed by atoms with Gasteiger partial charge in [0, 0.05) is 24.6 Å². The van der Waals surface area contributed by atoms with Crippen LogP contribution in [0.25, 0.3) is 5.69 Å². The second-order valence-corrected chi connectivity index (χ2v) is 7.02. The van der Waals surface area contributed by atoms with Crippen LogP contribution in [0.3, 0.4) is 0 Å². The van der Waals surface area contributed by atoms with E-state index in [1.807, 2.05) is 24.3 Å². The maximum absolute atomic E-state index is 11.2. The molecule has 2 aromatic rings. The highest BCUT2D eigenvalue weighted by molar-refractivity contribution is 5.65. The Kier molecular flexibility index (Phi) is 3.55. The first kappa shape index (κ1) is 15.4. The lowest BCUT2D eigenvalue weighted by Crippen LogP contribution is -2.34. The normalized spacial score (nSPS) is 14.7. The first-order chi connectivity index (χ1) is 10.8. The monoisotopic (exact) mass is 314 g/mol. The Morgan fingerprint density at radius 2 is 2.00 bits per heavy atom. The Hall–Kier alpha value is -2.50. The molecule has 122 valence electrons. The molecule has 0 bridgehead atoms. The standard InChI is InChI=1S/C17H22N4O2/c1-17(2,3)14-9-15(18)21(19-14)13-5-4-11-6-7-20(16(22)23)10-12(11)8-13/h4-5,8-9H,6-7,10,18H2,1-3H3,(H,22,23). The summed E-state index contributed by atoms with van der Waals surface area (Å²) in [6.45, 7) is 7.23. The predicted octanol–water partition coefficient (Wildman–Crippen LogP) is 2.79. The molecule has 0 spiro atoms. The minimum absolute atomic E-state index is 0.0757. The van der Waals surface area contributed by atoms with Crippen LogP contribution in [0.4, 0.5) is 10.6 Å². The van der Waals surface area contributed by atoms with Gasteiger partial charge in [-0.05, 0) is 29.7 Å². The molecule has 0 unspecified atom stereocenters. The number of fused-ring (bicyclic) bond motifs is 1. The van der Waals surface area contributed by atoms with Gasteiger partial charge < -0.3 is 15.7 Å². The first-order valence-electron chi connectivity index (χ1n) is 7.72. The van der Waals surface area contributed by atoms with Gasteiger partial charge in [0.05, 0.1) is 11.4 Å². The Bertz CT molecular complexity index is 758. The van der Waals surface area contributed by atoms with Crippen LogP contribution in [-0.2, 0) is 18.4 Å². The van der Waals surface area contributed by atoms with E-state index in [4.69, 9.17) is 5.73 Å². The smallest absolute Gasteiger partial charge is 0.407 e. The summed E-state index contributed by atoms with van der Waals surface area (Å²) in [6, 6.07) is 7.91. The van der Waals surface area contributed by atoms with Crippen LogP contribution in [0.2, 0.25) is 0 Å². The summed E-state index contributed by atoms with van der Waals surface area (Å²) in [6.07, 6.45) is -0.140. The largest absolute Gasteiger partial charge is 0.465 e. The van der Waals surface area contributed by atoms with Crippen molar-refractivity contribution in [1.82, 2.24) is 14.7 Å². The van der Waals surface area contributed by atoms with E-state index in [1.165, 1.54) is 10.5 Å². The van der Waals surface area contributed by atoms with Crippen LogP contribution in [-0.4, -0.2) is 32.4 Å². The lowest BCUT2D eigenvalue weighted by atomic mass is 9.92. The minimum Gasteiger partial charge on any atom is -0.465 e. The summed E-state index contributed by atoms with van der Waals surface area (Å²) in [5.74, 6) is 0.584. The number of hydrogen-bond donors (Lipinski definition) is 2. The molecule has 1 aromatic heterocycles. The Labute approximate surface area is 135 Å². The third-order valence-corrected chi connectivity index (χ3v) is 4.22. The van der Waals surface area contributed by atoms with Gasteiger partial charge in [-0.3, -0.25) is 0 Å². The fourth-order valence-electron chi connectivity index (χ4n) is 2.81. The van der Waals surface area contributed by atoms with E-state index < -0.39 is 6.09 Å². The number of nitrogen functional groups attached to an aromatic ring is 1. The van der Waals surface area contributed by atoms with Crippen LogP contribution in [0, 0.1) is 0 Å². The van der Waals surface area contributed by atoms with Crippen LogP contribution in [0.15, 0.2) is 24.3 Å².